The Balaban J connectivity index is 1.84. The molecule has 7 nitrogen and oxygen atoms in total. The molecule has 0 saturated carbocycles. The molecule has 26 heavy (non-hydrogen) atoms. The molecule has 3 rings (SSSR count). The summed E-state index contributed by atoms with van der Waals surface area (Å²) in [6, 6.07) is 8.08. The average molecular weight is 356 g/mol. The van der Waals surface area contributed by atoms with Gasteiger partial charge in [-0.3, -0.25) is 4.79 Å². The molecule has 7 heteroatoms. The van der Waals surface area contributed by atoms with Crippen molar-refractivity contribution < 1.29 is 4.79 Å². The highest BCUT2D eigenvalue weighted by Gasteiger charge is 2.28. The van der Waals surface area contributed by atoms with E-state index in [-0.39, 0.29) is 5.91 Å². The number of hydrogen-bond donors (Lipinski definition) is 0. The lowest BCUT2D eigenvalue weighted by Crippen LogP contribution is -2.34. The standard InChI is InChI=1S/C19H28N6O/c1-6-25-19(23(4)5)20-17(21-25)14-8-7-9-15(12-14)18(26)24-11-10-16(13-24)22(2)3/h7-9,12,16H,6,10-11,13H2,1-5H3. The highest BCUT2D eigenvalue weighted by atomic mass is 16.2. The minimum Gasteiger partial charge on any atom is -0.347 e. The first-order valence-corrected chi connectivity index (χ1v) is 9.09. The van der Waals surface area contributed by atoms with Crippen LogP contribution in [0.2, 0.25) is 0 Å². The molecule has 0 N–H and O–H groups in total. The zero-order valence-corrected chi connectivity index (χ0v) is 16.3. The fraction of sp³-hybridized carbons (Fsp3) is 0.526. The summed E-state index contributed by atoms with van der Waals surface area (Å²) in [5.74, 6) is 1.55. The maximum Gasteiger partial charge on any atom is 0.253 e. The zero-order chi connectivity index (χ0) is 18.8. The van der Waals surface area contributed by atoms with E-state index in [1.165, 1.54) is 0 Å². The molecule has 140 valence electrons. The molecular weight excluding hydrogens is 328 g/mol. The Bertz CT molecular complexity index is 782. The molecular formula is C19H28N6O. The first kappa shape index (κ1) is 18.4. The maximum atomic E-state index is 12.9. The number of carbonyl (C=O) groups excluding carboxylic acids is 1. The van der Waals surface area contributed by atoms with E-state index >= 15 is 0 Å². The number of likely N-dealkylation sites (tertiary alicyclic amines) is 1. The van der Waals surface area contributed by atoms with E-state index in [0.717, 1.165) is 37.6 Å². The predicted molar refractivity (Wildman–Crippen MR) is 103 cm³/mol. The van der Waals surface area contributed by atoms with Gasteiger partial charge in [0.25, 0.3) is 5.91 Å². The normalized spacial score (nSPS) is 17.2. The molecule has 0 aliphatic carbocycles. The van der Waals surface area contributed by atoms with Gasteiger partial charge in [-0.1, -0.05) is 12.1 Å². The molecule has 2 aromatic rings. The van der Waals surface area contributed by atoms with Crippen molar-refractivity contribution in [3.63, 3.8) is 0 Å². The van der Waals surface area contributed by atoms with Gasteiger partial charge in [0.15, 0.2) is 5.82 Å². The van der Waals surface area contributed by atoms with Gasteiger partial charge in [-0.15, -0.1) is 5.10 Å². The summed E-state index contributed by atoms with van der Waals surface area (Å²) >= 11 is 0. The molecule has 0 spiro atoms. The Kier molecular flexibility index (Phi) is 5.27. The number of benzene rings is 1. The van der Waals surface area contributed by atoms with Crippen LogP contribution in [0, 0.1) is 0 Å². The number of likely N-dealkylation sites (N-methyl/N-ethyl adjacent to an activating group) is 1. The number of anilines is 1. The van der Waals surface area contributed by atoms with Crippen molar-refractivity contribution in [2.45, 2.75) is 25.9 Å². The molecule has 1 aromatic heterocycles. The van der Waals surface area contributed by atoms with Crippen LogP contribution in [0.4, 0.5) is 5.95 Å². The topological polar surface area (TPSA) is 57.5 Å². The number of aromatic nitrogens is 3. The molecule has 1 amide bonds. The minimum atomic E-state index is 0.0824. The minimum absolute atomic E-state index is 0.0824. The van der Waals surface area contributed by atoms with Gasteiger partial charge < -0.3 is 14.7 Å². The van der Waals surface area contributed by atoms with E-state index in [4.69, 9.17) is 0 Å². The second-order valence-corrected chi connectivity index (χ2v) is 7.18. The summed E-state index contributed by atoms with van der Waals surface area (Å²) in [6.45, 7) is 4.38. The van der Waals surface area contributed by atoms with Gasteiger partial charge in [0.1, 0.15) is 0 Å². The summed E-state index contributed by atoms with van der Waals surface area (Å²) in [6.07, 6.45) is 1.02. The smallest absolute Gasteiger partial charge is 0.253 e. The first-order chi connectivity index (χ1) is 12.4. The van der Waals surface area contributed by atoms with Gasteiger partial charge in [0.2, 0.25) is 5.95 Å². The largest absolute Gasteiger partial charge is 0.347 e. The molecule has 1 saturated heterocycles. The van der Waals surface area contributed by atoms with Crippen molar-refractivity contribution in [2.24, 2.45) is 0 Å². The number of amides is 1. The molecule has 1 unspecified atom stereocenters. The highest BCUT2D eigenvalue weighted by Crippen LogP contribution is 2.22. The van der Waals surface area contributed by atoms with Crippen molar-refractivity contribution in [1.82, 2.24) is 24.6 Å². The van der Waals surface area contributed by atoms with Crippen LogP contribution in [0.3, 0.4) is 0 Å². The van der Waals surface area contributed by atoms with E-state index in [9.17, 15) is 4.79 Å². The van der Waals surface area contributed by atoms with Gasteiger partial charge in [-0.25, -0.2) is 4.68 Å². The highest BCUT2D eigenvalue weighted by molar-refractivity contribution is 5.95. The summed E-state index contributed by atoms with van der Waals surface area (Å²) in [5.41, 5.74) is 1.57. The summed E-state index contributed by atoms with van der Waals surface area (Å²) in [5, 5.41) is 4.59. The lowest BCUT2D eigenvalue weighted by Gasteiger charge is -2.20. The lowest BCUT2D eigenvalue weighted by atomic mass is 10.1. The SMILES string of the molecule is CCn1nc(-c2cccc(C(=O)N3CCC(N(C)C)C3)c2)nc1N(C)C. The summed E-state index contributed by atoms with van der Waals surface area (Å²) in [4.78, 5) is 23.6. The summed E-state index contributed by atoms with van der Waals surface area (Å²) in [7, 11) is 8.04. The lowest BCUT2D eigenvalue weighted by molar-refractivity contribution is 0.0783. The zero-order valence-electron chi connectivity index (χ0n) is 16.3. The fourth-order valence-electron chi connectivity index (χ4n) is 3.32. The Hall–Kier alpha value is -2.41. The number of nitrogens with zero attached hydrogens (tertiary/aromatic N) is 6. The molecule has 0 radical (unpaired) electrons. The third-order valence-corrected chi connectivity index (χ3v) is 4.90. The first-order valence-electron chi connectivity index (χ1n) is 9.09. The molecule has 1 aliphatic heterocycles. The number of carbonyl (C=O) groups is 1. The maximum absolute atomic E-state index is 12.9. The van der Waals surface area contributed by atoms with Crippen LogP contribution in [0.5, 0.6) is 0 Å². The monoisotopic (exact) mass is 356 g/mol. The van der Waals surface area contributed by atoms with Crippen LogP contribution in [0.1, 0.15) is 23.7 Å². The van der Waals surface area contributed by atoms with E-state index in [2.05, 4.69) is 29.1 Å². The van der Waals surface area contributed by atoms with Gasteiger partial charge in [0, 0.05) is 50.9 Å². The van der Waals surface area contributed by atoms with Crippen LogP contribution in [0.15, 0.2) is 24.3 Å². The van der Waals surface area contributed by atoms with Crippen molar-refractivity contribution in [2.75, 3.05) is 46.2 Å². The Labute approximate surface area is 155 Å². The van der Waals surface area contributed by atoms with Crippen LogP contribution in [-0.2, 0) is 6.54 Å². The van der Waals surface area contributed by atoms with Gasteiger partial charge in [-0.05, 0) is 39.6 Å². The summed E-state index contributed by atoms with van der Waals surface area (Å²) < 4.78 is 1.87. The van der Waals surface area contributed by atoms with Gasteiger partial charge in [-0.2, -0.15) is 4.98 Å². The van der Waals surface area contributed by atoms with Crippen LogP contribution in [-0.4, -0.2) is 77.8 Å². The molecule has 1 fully saturated rings. The van der Waals surface area contributed by atoms with Crippen molar-refractivity contribution in [3.05, 3.63) is 29.8 Å². The molecule has 1 aliphatic rings. The van der Waals surface area contributed by atoms with Crippen LogP contribution < -0.4 is 4.90 Å². The fourth-order valence-corrected chi connectivity index (χ4v) is 3.32. The van der Waals surface area contributed by atoms with Gasteiger partial charge in [0.05, 0.1) is 0 Å². The average Bonchev–Trinajstić information content (AvgIpc) is 3.28. The number of hydrogen-bond acceptors (Lipinski definition) is 5. The third-order valence-electron chi connectivity index (χ3n) is 4.90. The van der Waals surface area contributed by atoms with Crippen molar-refractivity contribution in [1.29, 1.82) is 0 Å². The molecule has 1 aromatic carbocycles. The number of rotatable bonds is 5. The predicted octanol–water partition coefficient (Wildman–Crippen LogP) is 1.81. The van der Waals surface area contributed by atoms with E-state index in [0.29, 0.717) is 17.4 Å². The molecule has 1 atom stereocenters. The van der Waals surface area contributed by atoms with Crippen LogP contribution >= 0.6 is 0 Å². The quantitative estimate of drug-likeness (QED) is 0.818. The van der Waals surface area contributed by atoms with Crippen LogP contribution in [0.25, 0.3) is 11.4 Å². The van der Waals surface area contributed by atoms with Crippen molar-refractivity contribution in [3.8, 4) is 11.4 Å². The van der Waals surface area contributed by atoms with E-state index in [1.54, 1.807) is 0 Å². The van der Waals surface area contributed by atoms with E-state index < -0.39 is 0 Å². The van der Waals surface area contributed by atoms with Crippen molar-refractivity contribution >= 4 is 11.9 Å². The Morgan fingerprint density at radius 1 is 1.27 bits per heavy atom. The third kappa shape index (κ3) is 3.58. The second-order valence-electron chi connectivity index (χ2n) is 7.18. The Morgan fingerprint density at radius 2 is 2.04 bits per heavy atom. The number of aryl methyl sites for hydroxylation is 1. The molecule has 0 bridgehead atoms. The molecule has 2 heterocycles. The van der Waals surface area contributed by atoms with E-state index in [1.807, 2.05) is 59.8 Å². The second kappa shape index (κ2) is 7.45. The Morgan fingerprint density at radius 3 is 2.62 bits per heavy atom. The van der Waals surface area contributed by atoms with Gasteiger partial charge >= 0.3 is 0 Å².